The fraction of sp³-hybridized carbons (Fsp3) is 0.500. The molecule has 0 saturated heterocycles. The smallest absolute Gasteiger partial charge is 0.337 e. The molecule has 0 saturated carbocycles. The Balaban J connectivity index is 2.70. The Morgan fingerprint density at radius 1 is 1.30 bits per heavy atom. The predicted octanol–water partition coefficient (Wildman–Crippen LogP) is 2.08. The van der Waals surface area contributed by atoms with E-state index in [4.69, 9.17) is 0 Å². The second kappa shape index (κ2) is 7.40. The van der Waals surface area contributed by atoms with Crippen molar-refractivity contribution in [2.75, 3.05) is 7.11 Å². The summed E-state index contributed by atoms with van der Waals surface area (Å²) in [5, 5.41) is 0. The number of benzene rings is 1. The quantitative estimate of drug-likeness (QED) is 0.782. The molecule has 0 aliphatic carbocycles. The number of carbonyl (C=O) groups excluding carboxylic acids is 1. The Morgan fingerprint density at radius 3 is 2.40 bits per heavy atom. The number of hydrogen-bond donors (Lipinski definition) is 1. The van der Waals surface area contributed by atoms with Gasteiger partial charge in [-0.1, -0.05) is 25.5 Å². The van der Waals surface area contributed by atoms with Gasteiger partial charge in [0.2, 0.25) is 10.0 Å². The summed E-state index contributed by atoms with van der Waals surface area (Å²) >= 11 is 0. The lowest BCUT2D eigenvalue weighted by Crippen LogP contribution is -2.33. The number of carbonyl (C=O) groups is 1. The normalized spacial score (nSPS) is 12.9. The van der Waals surface area contributed by atoms with Gasteiger partial charge < -0.3 is 4.74 Å². The predicted molar refractivity (Wildman–Crippen MR) is 77.9 cm³/mol. The fourth-order valence-corrected chi connectivity index (χ4v) is 3.36. The van der Waals surface area contributed by atoms with Gasteiger partial charge in [0.25, 0.3) is 0 Å². The van der Waals surface area contributed by atoms with Crippen molar-refractivity contribution in [1.29, 1.82) is 0 Å². The number of methoxy groups -OCH3 is 1. The van der Waals surface area contributed by atoms with Gasteiger partial charge >= 0.3 is 5.97 Å². The van der Waals surface area contributed by atoms with Crippen LogP contribution in [0.2, 0.25) is 0 Å². The van der Waals surface area contributed by atoms with E-state index in [-0.39, 0.29) is 11.8 Å². The van der Waals surface area contributed by atoms with Gasteiger partial charge in [0, 0.05) is 6.04 Å². The lowest BCUT2D eigenvalue weighted by atomic mass is 10.1. The van der Waals surface area contributed by atoms with E-state index in [9.17, 15) is 13.2 Å². The lowest BCUT2D eigenvalue weighted by molar-refractivity contribution is 0.0600. The van der Waals surface area contributed by atoms with Gasteiger partial charge in [-0.05, 0) is 31.0 Å². The number of ether oxygens (including phenoxy) is 1. The maximum atomic E-state index is 12.0. The molecule has 20 heavy (non-hydrogen) atoms. The SMILES string of the molecule is CCC[C@@H](C)NS(=O)(=O)Cc1ccc(C(=O)OC)cc1. The van der Waals surface area contributed by atoms with Gasteiger partial charge in [0.15, 0.2) is 0 Å². The van der Waals surface area contributed by atoms with Crippen molar-refractivity contribution in [2.45, 2.75) is 38.5 Å². The third-order valence-electron chi connectivity index (χ3n) is 2.83. The molecule has 1 aromatic rings. The van der Waals surface area contributed by atoms with Crippen LogP contribution in [0.5, 0.6) is 0 Å². The molecule has 1 aromatic carbocycles. The number of rotatable bonds is 7. The van der Waals surface area contributed by atoms with Crippen LogP contribution in [0.15, 0.2) is 24.3 Å². The van der Waals surface area contributed by atoms with Crippen LogP contribution in [0, 0.1) is 0 Å². The van der Waals surface area contributed by atoms with E-state index in [1.54, 1.807) is 24.3 Å². The Kier molecular flexibility index (Phi) is 6.16. The number of esters is 1. The molecule has 0 unspecified atom stereocenters. The van der Waals surface area contributed by atoms with Gasteiger partial charge in [-0.2, -0.15) is 0 Å². The summed E-state index contributed by atoms with van der Waals surface area (Å²) in [6.07, 6.45) is 1.73. The Bertz CT molecular complexity index is 537. The van der Waals surface area contributed by atoms with Crippen molar-refractivity contribution >= 4 is 16.0 Å². The first-order valence-corrected chi connectivity index (χ1v) is 8.20. The number of sulfonamides is 1. The van der Waals surface area contributed by atoms with E-state index in [0.29, 0.717) is 11.1 Å². The van der Waals surface area contributed by atoms with Crippen LogP contribution >= 0.6 is 0 Å². The van der Waals surface area contributed by atoms with Crippen LogP contribution < -0.4 is 4.72 Å². The fourth-order valence-electron chi connectivity index (χ4n) is 1.91. The summed E-state index contributed by atoms with van der Waals surface area (Å²) in [5.74, 6) is -0.531. The summed E-state index contributed by atoms with van der Waals surface area (Å²) in [6.45, 7) is 3.86. The van der Waals surface area contributed by atoms with Gasteiger partial charge in [0.05, 0.1) is 18.4 Å². The van der Waals surface area contributed by atoms with E-state index in [2.05, 4.69) is 9.46 Å². The van der Waals surface area contributed by atoms with Crippen molar-refractivity contribution in [3.8, 4) is 0 Å². The number of nitrogens with one attached hydrogen (secondary N) is 1. The highest BCUT2D eigenvalue weighted by atomic mass is 32.2. The van der Waals surface area contributed by atoms with E-state index in [0.717, 1.165) is 12.8 Å². The molecule has 0 amide bonds. The molecular formula is C14H21NO4S. The molecule has 0 heterocycles. The zero-order valence-electron chi connectivity index (χ0n) is 12.0. The highest BCUT2D eigenvalue weighted by Crippen LogP contribution is 2.10. The maximum absolute atomic E-state index is 12.0. The largest absolute Gasteiger partial charge is 0.465 e. The molecule has 0 aliphatic rings. The highest BCUT2D eigenvalue weighted by molar-refractivity contribution is 7.88. The third-order valence-corrected chi connectivity index (χ3v) is 4.31. The summed E-state index contributed by atoms with van der Waals surface area (Å²) in [4.78, 5) is 11.3. The molecule has 0 bridgehead atoms. The van der Waals surface area contributed by atoms with Crippen LogP contribution in [-0.2, 0) is 20.5 Å². The van der Waals surface area contributed by atoms with E-state index in [1.165, 1.54) is 7.11 Å². The molecule has 112 valence electrons. The van der Waals surface area contributed by atoms with Crippen molar-refractivity contribution in [2.24, 2.45) is 0 Å². The molecular weight excluding hydrogens is 278 g/mol. The second-order valence-electron chi connectivity index (χ2n) is 4.76. The van der Waals surface area contributed by atoms with Crippen LogP contribution in [0.3, 0.4) is 0 Å². The van der Waals surface area contributed by atoms with E-state index >= 15 is 0 Å². The minimum absolute atomic E-state index is 0.0701. The minimum Gasteiger partial charge on any atom is -0.465 e. The van der Waals surface area contributed by atoms with Crippen molar-refractivity contribution in [3.63, 3.8) is 0 Å². The van der Waals surface area contributed by atoms with E-state index < -0.39 is 16.0 Å². The molecule has 6 heteroatoms. The summed E-state index contributed by atoms with van der Waals surface area (Å²) in [5.41, 5.74) is 1.04. The average molecular weight is 299 g/mol. The topological polar surface area (TPSA) is 72.5 Å². The van der Waals surface area contributed by atoms with Gasteiger partial charge in [-0.25, -0.2) is 17.9 Å². The third kappa shape index (κ3) is 5.30. The Hall–Kier alpha value is -1.40. The summed E-state index contributed by atoms with van der Waals surface area (Å²) in [7, 11) is -2.06. The van der Waals surface area contributed by atoms with Crippen LogP contribution in [-0.4, -0.2) is 27.5 Å². The van der Waals surface area contributed by atoms with Crippen LogP contribution in [0.25, 0.3) is 0 Å². The van der Waals surface area contributed by atoms with Gasteiger partial charge in [-0.15, -0.1) is 0 Å². The van der Waals surface area contributed by atoms with Gasteiger partial charge in [0.1, 0.15) is 0 Å². The first kappa shape index (κ1) is 16.7. The van der Waals surface area contributed by atoms with Crippen LogP contribution in [0.1, 0.15) is 42.6 Å². The van der Waals surface area contributed by atoms with Gasteiger partial charge in [-0.3, -0.25) is 0 Å². The molecule has 1 N–H and O–H groups in total. The molecule has 0 aromatic heterocycles. The Morgan fingerprint density at radius 2 is 1.90 bits per heavy atom. The number of hydrogen-bond acceptors (Lipinski definition) is 4. The van der Waals surface area contributed by atoms with E-state index in [1.807, 2.05) is 13.8 Å². The summed E-state index contributed by atoms with van der Waals surface area (Å²) < 4.78 is 31.1. The van der Waals surface area contributed by atoms with Crippen molar-refractivity contribution in [3.05, 3.63) is 35.4 Å². The van der Waals surface area contributed by atoms with Crippen molar-refractivity contribution < 1.29 is 17.9 Å². The summed E-state index contributed by atoms with van der Waals surface area (Å²) in [6, 6.07) is 6.30. The molecule has 1 atom stereocenters. The Labute approximate surface area is 120 Å². The second-order valence-corrected chi connectivity index (χ2v) is 6.51. The highest BCUT2D eigenvalue weighted by Gasteiger charge is 2.15. The molecule has 0 aliphatic heterocycles. The first-order valence-electron chi connectivity index (χ1n) is 6.55. The molecule has 5 nitrogen and oxygen atoms in total. The first-order chi connectivity index (χ1) is 9.38. The van der Waals surface area contributed by atoms with Crippen molar-refractivity contribution in [1.82, 2.24) is 4.72 Å². The zero-order valence-corrected chi connectivity index (χ0v) is 12.9. The minimum atomic E-state index is -3.36. The average Bonchev–Trinajstić information content (AvgIpc) is 2.37. The van der Waals surface area contributed by atoms with Crippen LogP contribution in [0.4, 0.5) is 0 Å². The molecule has 0 fully saturated rings. The molecule has 0 radical (unpaired) electrons. The standard InChI is InChI=1S/C14H21NO4S/c1-4-5-11(2)15-20(17,18)10-12-6-8-13(9-7-12)14(16)19-3/h6-9,11,15H,4-5,10H2,1-3H3/t11-/m1/s1. The lowest BCUT2D eigenvalue weighted by Gasteiger charge is -2.13. The monoisotopic (exact) mass is 299 g/mol. The maximum Gasteiger partial charge on any atom is 0.337 e. The zero-order chi connectivity index (χ0) is 15.2. The molecule has 1 rings (SSSR count). The molecule has 0 spiro atoms.